The molecule has 0 aromatic heterocycles. The van der Waals surface area contributed by atoms with Crippen LogP contribution >= 0.6 is 21.6 Å². The smallest absolute Gasteiger partial charge is 0.0379 e. The zero-order valence-corrected chi connectivity index (χ0v) is 32.2. The molecule has 0 aliphatic rings. The van der Waals surface area contributed by atoms with Crippen LogP contribution in [0.25, 0.3) is 66.8 Å². The van der Waals surface area contributed by atoms with E-state index in [1.807, 2.05) is 21.6 Å². The van der Waals surface area contributed by atoms with E-state index in [-0.39, 0.29) is 10.5 Å². The first-order chi connectivity index (χ1) is 26.7. The summed E-state index contributed by atoms with van der Waals surface area (Å²) in [5.74, 6) is 0. The predicted molar refractivity (Wildman–Crippen MR) is 238 cm³/mol. The molecule has 0 aliphatic heterocycles. The molecule has 0 heterocycles. The van der Waals surface area contributed by atoms with Gasteiger partial charge in [0.2, 0.25) is 0 Å². The van der Waals surface area contributed by atoms with Gasteiger partial charge in [-0.1, -0.05) is 228 Å². The maximum atomic E-state index is 2.37. The van der Waals surface area contributed by atoms with Gasteiger partial charge in [-0.2, -0.15) is 0 Å². The zero-order valence-electron chi connectivity index (χ0n) is 30.6. The summed E-state index contributed by atoms with van der Waals surface area (Å²) >= 11 is 0. The van der Waals surface area contributed by atoms with Crippen molar-refractivity contribution < 1.29 is 0 Å². The molecule has 0 nitrogen and oxygen atoms in total. The van der Waals surface area contributed by atoms with Crippen molar-refractivity contribution in [3.05, 3.63) is 217 Å². The lowest BCUT2D eigenvalue weighted by molar-refractivity contribution is 1.10. The van der Waals surface area contributed by atoms with Crippen molar-refractivity contribution in [1.82, 2.24) is 0 Å². The molecule has 0 saturated heterocycles. The van der Waals surface area contributed by atoms with Crippen LogP contribution < -0.4 is 0 Å². The van der Waals surface area contributed by atoms with Crippen molar-refractivity contribution in [3.63, 3.8) is 0 Å². The second kappa shape index (κ2) is 16.6. The number of hydrogen-bond donors (Lipinski definition) is 0. The lowest BCUT2D eigenvalue weighted by Gasteiger charge is -2.25. The summed E-state index contributed by atoms with van der Waals surface area (Å²) in [6.07, 6.45) is 0. The third-order valence-electron chi connectivity index (χ3n) is 10.1. The third-order valence-corrected chi connectivity index (χ3v) is 13.4. The average molecular weight is 731 g/mol. The van der Waals surface area contributed by atoms with Gasteiger partial charge >= 0.3 is 0 Å². The molecular formula is C52H42S2. The maximum absolute atomic E-state index is 2.37. The molecule has 0 aliphatic carbocycles. The molecule has 0 bridgehead atoms. The number of hydrogen-bond acceptors (Lipinski definition) is 2. The SMILES string of the molecule is C[C@@H](SS[C@H](C)c1ccc(-c2ccccc2)c(-c2ccccc2)c1-c1ccccc1)c1ccc(-c2ccccc2)c(-c2ccccc2)c1-c1ccccc1. The van der Waals surface area contributed by atoms with Gasteiger partial charge in [0.15, 0.2) is 0 Å². The van der Waals surface area contributed by atoms with Gasteiger partial charge in [0.25, 0.3) is 0 Å². The number of benzene rings is 8. The van der Waals surface area contributed by atoms with Gasteiger partial charge in [-0.05, 0) is 91.7 Å². The van der Waals surface area contributed by atoms with E-state index < -0.39 is 0 Å². The van der Waals surface area contributed by atoms with E-state index in [1.165, 1.54) is 77.9 Å². The third kappa shape index (κ3) is 7.46. The molecular weight excluding hydrogens is 689 g/mol. The fourth-order valence-electron chi connectivity index (χ4n) is 7.54. The van der Waals surface area contributed by atoms with Crippen LogP contribution in [0.4, 0.5) is 0 Å². The van der Waals surface area contributed by atoms with Crippen molar-refractivity contribution in [2.45, 2.75) is 24.3 Å². The van der Waals surface area contributed by atoms with Crippen LogP contribution in [0.2, 0.25) is 0 Å². The van der Waals surface area contributed by atoms with Gasteiger partial charge in [0.1, 0.15) is 0 Å². The molecule has 2 heteroatoms. The maximum Gasteiger partial charge on any atom is 0.0379 e. The molecule has 8 aromatic rings. The molecule has 2 atom stereocenters. The zero-order chi connectivity index (χ0) is 36.7. The van der Waals surface area contributed by atoms with Crippen molar-refractivity contribution >= 4 is 21.6 Å². The lowest BCUT2D eigenvalue weighted by atomic mass is 9.84. The molecule has 0 radical (unpaired) electrons. The summed E-state index contributed by atoms with van der Waals surface area (Å²) in [5.41, 5.74) is 17.8. The molecule has 0 saturated carbocycles. The van der Waals surface area contributed by atoms with Crippen LogP contribution in [0.15, 0.2) is 206 Å². The lowest BCUT2D eigenvalue weighted by Crippen LogP contribution is -2.00. The highest BCUT2D eigenvalue weighted by molar-refractivity contribution is 8.76. The Labute approximate surface area is 328 Å². The Balaban J connectivity index is 1.22. The van der Waals surface area contributed by atoms with E-state index in [0.717, 1.165) is 0 Å². The molecule has 0 fully saturated rings. The summed E-state index contributed by atoms with van der Waals surface area (Å²) in [6, 6.07) is 74.8. The van der Waals surface area contributed by atoms with E-state index in [0.29, 0.717) is 0 Å². The first-order valence-electron chi connectivity index (χ1n) is 18.7. The summed E-state index contributed by atoms with van der Waals surface area (Å²) in [7, 11) is 3.94. The van der Waals surface area contributed by atoms with E-state index in [4.69, 9.17) is 0 Å². The summed E-state index contributed by atoms with van der Waals surface area (Å²) < 4.78 is 0. The minimum absolute atomic E-state index is 0.220. The van der Waals surface area contributed by atoms with E-state index in [2.05, 4.69) is 220 Å². The van der Waals surface area contributed by atoms with Gasteiger partial charge in [0, 0.05) is 10.5 Å². The van der Waals surface area contributed by atoms with Gasteiger partial charge in [0.05, 0.1) is 0 Å². The second-order valence-corrected chi connectivity index (χ2v) is 16.5. The highest BCUT2D eigenvalue weighted by atomic mass is 33.1. The van der Waals surface area contributed by atoms with Crippen LogP contribution in [-0.4, -0.2) is 0 Å². The minimum Gasteiger partial charge on any atom is -0.0856 e. The predicted octanol–water partition coefficient (Wildman–Crippen LogP) is 15.9. The average Bonchev–Trinajstić information content (AvgIpc) is 3.26. The summed E-state index contributed by atoms with van der Waals surface area (Å²) in [4.78, 5) is 0. The second-order valence-electron chi connectivity index (χ2n) is 13.6. The van der Waals surface area contributed by atoms with Crippen molar-refractivity contribution in [3.8, 4) is 66.8 Å². The summed E-state index contributed by atoms with van der Waals surface area (Å²) in [6.45, 7) is 4.74. The molecule has 262 valence electrons. The minimum atomic E-state index is 0.220. The van der Waals surface area contributed by atoms with Crippen molar-refractivity contribution in [2.75, 3.05) is 0 Å². The molecule has 0 amide bonds. The first-order valence-corrected chi connectivity index (χ1v) is 20.9. The fourth-order valence-corrected chi connectivity index (χ4v) is 10.1. The summed E-state index contributed by atoms with van der Waals surface area (Å²) in [5, 5.41) is 0.439. The highest BCUT2D eigenvalue weighted by Gasteiger charge is 2.25. The van der Waals surface area contributed by atoms with Crippen molar-refractivity contribution in [2.24, 2.45) is 0 Å². The van der Waals surface area contributed by atoms with Gasteiger partial charge in [-0.15, -0.1) is 0 Å². The molecule has 0 N–H and O–H groups in total. The van der Waals surface area contributed by atoms with Crippen LogP contribution in [0, 0.1) is 0 Å². The Bertz CT molecular complexity index is 2250. The Morgan fingerprint density at radius 1 is 0.259 bits per heavy atom. The highest BCUT2D eigenvalue weighted by Crippen LogP contribution is 2.53. The molecule has 0 unspecified atom stereocenters. The Morgan fingerprint density at radius 3 is 0.778 bits per heavy atom. The van der Waals surface area contributed by atoms with E-state index >= 15 is 0 Å². The van der Waals surface area contributed by atoms with Crippen LogP contribution in [-0.2, 0) is 0 Å². The standard InChI is InChI=1S/C52H42S2/c1-37(45-33-35-47(39-21-9-3-10-22-39)51(43-29-17-7-18-30-43)49(45)41-25-13-5-14-26-41)53-54-38(2)46-34-36-48(40-23-11-4-12-24-40)52(44-31-19-8-20-32-44)50(46)42-27-15-6-16-28-42/h3-38H,1-2H3/t37-,38-/m1/s1. The topological polar surface area (TPSA) is 0 Å². The Kier molecular flexibility index (Phi) is 10.9. The molecule has 54 heavy (non-hydrogen) atoms. The van der Waals surface area contributed by atoms with Crippen molar-refractivity contribution in [1.29, 1.82) is 0 Å². The van der Waals surface area contributed by atoms with E-state index in [9.17, 15) is 0 Å². The van der Waals surface area contributed by atoms with Crippen LogP contribution in [0.3, 0.4) is 0 Å². The first kappa shape index (κ1) is 35.5. The molecule has 0 spiro atoms. The Hall–Kier alpha value is -5.54. The van der Waals surface area contributed by atoms with E-state index in [1.54, 1.807) is 0 Å². The largest absolute Gasteiger partial charge is 0.0856 e. The quantitative estimate of drug-likeness (QED) is 0.122. The normalized spacial score (nSPS) is 12.3. The fraction of sp³-hybridized carbons (Fsp3) is 0.0769. The van der Waals surface area contributed by atoms with Crippen LogP contribution in [0.5, 0.6) is 0 Å². The van der Waals surface area contributed by atoms with Crippen LogP contribution in [0.1, 0.15) is 35.5 Å². The molecule has 8 rings (SSSR count). The van der Waals surface area contributed by atoms with Gasteiger partial charge in [-0.25, -0.2) is 0 Å². The molecule has 8 aromatic carbocycles. The number of rotatable bonds is 11. The van der Waals surface area contributed by atoms with Gasteiger partial charge < -0.3 is 0 Å². The Morgan fingerprint density at radius 2 is 0.500 bits per heavy atom. The monoisotopic (exact) mass is 730 g/mol. The van der Waals surface area contributed by atoms with Gasteiger partial charge in [-0.3, -0.25) is 0 Å².